The molecule has 5 N–H and O–H groups in total. The highest BCUT2D eigenvalue weighted by Crippen LogP contribution is 2.21. The lowest BCUT2D eigenvalue weighted by Crippen LogP contribution is -2.26. The molecule has 33 heavy (non-hydrogen) atoms. The Kier molecular flexibility index (Phi) is 8.16. The van der Waals surface area contributed by atoms with E-state index in [1.807, 2.05) is 24.3 Å². The normalized spacial score (nSPS) is 11.5. The molecular weight excluding hydrogens is 444 g/mol. The smallest absolute Gasteiger partial charge is 0.266 e. The molecule has 170 valence electrons. The van der Waals surface area contributed by atoms with Crippen molar-refractivity contribution in [3.8, 4) is 11.8 Å². The molecule has 0 saturated carbocycles. The van der Waals surface area contributed by atoms with E-state index >= 15 is 0 Å². The van der Waals surface area contributed by atoms with Gasteiger partial charge < -0.3 is 26.3 Å². The molecule has 0 saturated heterocycles. The van der Waals surface area contributed by atoms with Crippen LogP contribution in [-0.2, 0) is 6.54 Å². The van der Waals surface area contributed by atoms with Crippen LogP contribution in [-0.4, -0.2) is 45.2 Å². The molecule has 0 spiro atoms. The zero-order chi connectivity index (χ0) is 23.8. The summed E-state index contributed by atoms with van der Waals surface area (Å²) in [5, 5.41) is 42.6. The minimum atomic E-state index is -0.489. The maximum Gasteiger partial charge on any atom is 0.266 e. The molecule has 0 aliphatic rings. The predicted octanol–water partition coefficient (Wildman–Crippen LogP) is 2.52. The molecule has 0 aliphatic heterocycles. The zero-order valence-corrected chi connectivity index (χ0v) is 18.4. The quantitative estimate of drug-likeness (QED) is 0.288. The maximum atomic E-state index is 13.2. The number of halogens is 1. The van der Waals surface area contributed by atoms with Crippen molar-refractivity contribution in [1.82, 2.24) is 9.55 Å². The van der Waals surface area contributed by atoms with Gasteiger partial charge in [0.05, 0.1) is 35.2 Å². The largest absolute Gasteiger partial charge is 0.396 e. The molecule has 3 rings (SSSR count). The van der Waals surface area contributed by atoms with E-state index in [1.165, 1.54) is 23.0 Å². The molecule has 3 aromatic rings. The number of aliphatic hydroxyl groups is 2. The highest BCUT2D eigenvalue weighted by atomic mass is 35.5. The summed E-state index contributed by atoms with van der Waals surface area (Å²) in [6.07, 6.45) is 4.10. The van der Waals surface area contributed by atoms with Crippen LogP contribution in [0.3, 0.4) is 0 Å². The van der Waals surface area contributed by atoms with E-state index in [9.17, 15) is 15.2 Å². The fourth-order valence-electron chi connectivity index (χ4n) is 3.25. The van der Waals surface area contributed by atoms with Gasteiger partial charge in [0.2, 0.25) is 0 Å². The summed E-state index contributed by atoms with van der Waals surface area (Å²) in [5.41, 5.74) is 1.38. The third-order valence-corrected chi connectivity index (χ3v) is 5.38. The summed E-state index contributed by atoms with van der Waals surface area (Å²) in [4.78, 5) is 17.3. The zero-order valence-electron chi connectivity index (χ0n) is 17.6. The summed E-state index contributed by atoms with van der Waals surface area (Å²) in [7, 11) is 0. The van der Waals surface area contributed by atoms with Gasteiger partial charge in [-0.05, 0) is 24.1 Å². The minimum absolute atomic E-state index is 0.119. The number of anilines is 2. The van der Waals surface area contributed by atoms with Gasteiger partial charge in [-0.15, -0.1) is 0 Å². The first kappa shape index (κ1) is 23.9. The van der Waals surface area contributed by atoms with Crippen molar-refractivity contribution in [2.24, 2.45) is 0 Å². The van der Waals surface area contributed by atoms with Crippen LogP contribution in [0.4, 0.5) is 11.5 Å². The number of rotatable bonds is 10. The highest BCUT2D eigenvalue weighted by Gasteiger charge is 2.15. The van der Waals surface area contributed by atoms with E-state index in [1.54, 1.807) is 12.1 Å². The molecule has 1 aromatic carbocycles. The van der Waals surface area contributed by atoms with Gasteiger partial charge in [-0.2, -0.15) is 5.26 Å². The molecule has 10 heteroatoms. The Morgan fingerprint density at radius 3 is 2.76 bits per heavy atom. The summed E-state index contributed by atoms with van der Waals surface area (Å²) in [6, 6.07) is 12.1. The van der Waals surface area contributed by atoms with Gasteiger partial charge in [0, 0.05) is 42.8 Å². The summed E-state index contributed by atoms with van der Waals surface area (Å²) in [6.45, 7) is 0.0254. The Labute approximate surface area is 195 Å². The van der Waals surface area contributed by atoms with Crippen LogP contribution in [0.2, 0.25) is 5.02 Å². The number of nitrogens with one attached hydrogen (secondary N) is 3. The molecular formula is C23H23ClN6O3. The summed E-state index contributed by atoms with van der Waals surface area (Å²) >= 11 is 6.19. The second-order valence-electron chi connectivity index (χ2n) is 7.14. The highest BCUT2D eigenvalue weighted by molar-refractivity contribution is 6.31. The van der Waals surface area contributed by atoms with Gasteiger partial charge >= 0.3 is 0 Å². The molecule has 2 aromatic heterocycles. The van der Waals surface area contributed by atoms with E-state index in [4.69, 9.17) is 22.1 Å². The van der Waals surface area contributed by atoms with Crippen LogP contribution in [0, 0.1) is 16.7 Å². The van der Waals surface area contributed by atoms with E-state index < -0.39 is 11.6 Å². The van der Waals surface area contributed by atoms with Crippen LogP contribution in [0.1, 0.15) is 23.1 Å². The lowest BCUT2D eigenvalue weighted by atomic mass is 10.1. The number of hydrogen-bond donors (Lipinski definition) is 5. The third-order valence-electron chi connectivity index (χ3n) is 5.01. The lowest BCUT2D eigenvalue weighted by molar-refractivity contribution is 0.228. The fraction of sp³-hybridized carbons (Fsp3) is 0.217. The molecule has 2 heterocycles. The third kappa shape index (κ3) is 5.56. The van der Waals surface area contributed by atoms with Crippen LogP contribution in [0.15, 0.2) is 53.6 Å². The molecule has 0 fully saturated rings. The fourth-order valence-corrected chi connectivity index (χ4v) is 3.45. The van der Waals surface area contributed by atoms with Crippen molar-refractivity contribution in [3.63, 3.8) is 0 Å². The van der Waals surface area contributed by atoms with Crippen molar-refractivity contribution in [2.75, 3.05) is 23.8 Å². The Morgan fingerprint density at radius 1 is 1.30 bits per heavy atom. The first-order valence-electron chi connectivity index (χ1n) is 10.1. The number of hydrogen-bond acceptors (Lipinski definition) is 8. The second kappa shape index (κ2) is 11.2. The predicted molar refractivity (Wildman–Crippen MR) is 127 cm³/mol. The van der Waals surface area contributed by atoms with Gasteiger partial charge in [0.25, 0.3) is 5.56 Å². The number of pyridine rings is 2. The van der Waals surface area contributed by atoms with E-state index in [-0.39, 0.29) is 30.0 Å². The van der Waals surface area contributed by atoms with Gasteiger partial charge in [-0.25, -0.2) is 4.98 Å². The monoisotopic (exact) mass is 466 g/mol. The molecule has 0 radical (unpaired) electrons. The van der Waals surface area contributed by atoms with Gasteiger partial charge in [0.15, 0.2) is 0 Å². The van der Waals surface area contributed by atoms with E-state index in [0.29, 0.717) is 29.5 Å². The standard InChI is InChI=1S/C23H23ClN6O3/c24-19-4-2-1-3-15(19)12-27-20-5-7-30(23(33)18(20)11-26)21-9-22(28-13-16(21)10-25)29-17(14-32)6-8-31/h1-5,7,9,11,13,17,26-27,31-32H,6,8,12,14H2,(H,28,29). The number of aromatic nitrogens is 2. The average Bonchev–Trinajstić information content (AvgIpc) is 2.83. The van der Waals surface area contributed by atoms with Gasteiger partial charge in [-0.3, -0.25) is 9.36 Å². The topological polar surface area (TPSA) is 147 Å². The van der Waals surface area contributed by atoms with Gasteiger partial charge in [-0.1, -0.05) is 29.8 Å². The number of nitrogens with zero attached hydrogens (tertiary/aromatic N) is 3. The second-order valence-corrected chi connectivity index (χ2v) is 7.55. The first-order valence-corrected chi connectivity index (χ1v) is 10.5. The lowest BCUT2D eigenvalue weighted by Gasteiger charge is -2.17. The molecule has 9 nitrogen and oxygen atoms in total. The van der Waals surface area contributed by atoms with E-state index in [2.05, 4.69) is 15.6 Å². The van der Waals surface area contributed by atoms with E-state index in [0.717, 1.165) is 11.8 Å². The molecule has 1 unspecified atom stereocenters. The van der Waals surface area contributed by atoms with Crippen molar-refractivity contribution in [3.05, 3.63) is 80.9 Å². The van der Waals surface area contributed by atoms with Crippen molar-refractivity contribution in [1.29, 1.82) is 10.7 Å². The Bertz CT molecular complexity index is 1240. The Hall–Kier alpha value is -3.71. The molecule has 0 aliphatic carbocycles. The number of aliphatic hydroxyl groups excluding tert-OH is 2. The van der Waals surface area contributed by atoms with Crippen molar-refractivity contribution < 1.29 is 10.2 Å². The van der Waals surface area contributed by atoms with Crippen molar-refractivity contribution in [2.45, 2.75) is 19.0 Å². The van der Waals surface area contributed by atoms with Crippen molar-refractivity contribution >= 4 is 29.3 Å². The van der Waals surface area contributed by atoms with Crippen LogP contribution < -0.4 is 16.2 Å². The van der Waals surface area contributed by atoms with Gasteiger partial charge in [0.1, 0.15) is 11.9 Å². The molecule has 1 atom stereocenters. The number of nitriles is 1. The van der Waals surface area contributed by atoms with Crippen LogP contribution in [0.5, 0.6) is 0 Å². The molecule has 0 bridgehead atoms. The Morgan fingerprint density at radius 2 is 2.09 bits per heavy atom. The van der Waals surface area contributed by atoms with Crippen LogP contribution >= 0.6 is 11.6 Å². The van der Waals surface area contributed by atoms with Crippen LogP contribution in [0.25, 0.3) is 5.69 Å². The SMILES string of the molecule is N#Cc1cnc(NC(CO)CCO)cc1-n1ccc(NCc2ccccc2Cl)c(C=N)c1=O. The Balaban J connectivity index is 1.97. The molecule has 0 amide bonds. The first-order chi connectivity index (χ1) is 16.0. The maximum absolute atomic E-state index is 13.2. The number of benzene rings is 1. The minimum Gasteiger partial charge on any atom is -0.396 e. The average molecular weight is 467 g/mol. The summed E-state index contributed by atoms with van der Waals surface area (Å²) in [5.74, 6) is 0.334. The summed E-state index contributed by atoms with van der Waals surface area (Å²) < 4.78 is 1.27.